The molecule has 0 saturated carbocycles. The Labute approximate surface area is 387 Å². The zero-order chi connectivity index (χ0) is 43.9. The van der Waals surface area contributed by atoms with Crippen LogP contribution in [0, 0.1) is 11.8 Å². The number of allylic oxidation sites excluding steroid dienone is 4. The van der Waals surface area contributed by atoms with Gasteiger partial charge in [0, 0.05) is 63.8 Å². The van der Waals surface area contributed by atoms with Crippen LogP contribution in [-0.2, 0) is 0 Å². The second-order valence-electron chi connectivity index (χ2n) is 18.0. The SMILES string of the molecule is CC1C=CC=C2C=c3c(c4cc5ccccc5cc4n3-c3ccc4c(oc5ccccc54)c3-c3nc(-c4ccc5sc6ccccc6c5c4)nc(-n4c5ccccc5c5ccccc54)n3)=CC21. The van der Waals surface area contributed by atoms with Crippen molar-refractivity contribution in [3.8, 4) is 34.4 Å². The molecule has 15 rings (SSSR count). The van der Waals surface area contributed by atoms with Crippen molar-refractivity contribution in [2.75, 3.05) is 0 Å². The van der Waals surface area contributed by atoms with Crippen molar-refractivity contribution in [1.82, 2.24) is 24.1 Å². The summed E-state index contributed by atoms with van der Waals surface area (Å²) in [7, 11) is 0. The highest BCUT2D eigenvalue weighted by atomic mass is 32.1. The van der Waals surface area contributed by atoms with E-state index in [2.05, 4.69) is 198 Å². The van der Waals surface area contributed by atoms with Crippen LogP contribution in [0.1, 0.15) is 6.92 Å². The number of aromatic nitrogens is 5. The fraction of sp³-hybridized carbons (Fsp3) is 0.0500. The highest BCUT2D eigenvalue weighted by Gasteiger charge is 2.28. The van der Waals surface area contributed by atoms with E-state index < -0.39 is 0 Å². The molecule has 2 aliphatic rings. The van der Waals surface area contributed by atoms with Gasteiger partial charge in [-0.25, -0.2) is 4.98 Å². The second kappa shape index (κ2) is 13.8. The molecule has 0 aliphatic heterocycles. The highest BCUT2D eigenvalue weighted by molar-refractivity contribution is 7.25. The zero-order valence-electron chi connectivity index (χ0n) is 36.2. The smallest absolute Gasteiger partial charge is 0.238 e. The summed E-state index contributed by atoms with van der Waals surface area (Å²) in [5.74, 6) is 2.30. The number of fused-ring (bicyclic) bond motifs is 14. The Bertz CT molecular complexity index is 4450. The molecule has 0 amide bonds. The fourth-order valence-corrected chi connectivity index (χ4v) is 12.2. The molecule has 0 saturated heterocycles. The minimum absolute atomic E-state index is 0.276. The van der Waals surface area contributed by atoms with Crippen LogP contribution in [0.25, 0.3) is 132 Å². The molecule has 0 bridgehead atoms. The Hall–Kier alpha value is -8.39. The third-order valence-electron chi connectivity index (χ3n) is 14.2. The number of thiophene rings is 1. The van der Waals surface area contributed by atoms with Gasteiger partial charge in [0.15, 0.2) is 11.6 Å². The summed E-state index contributed by atoms with van der Waals surface area (Å²) >= 11 is 1.81. The van der Waals surface area contributed by atoms with Crippen molar-refractivity contribution < 1.29 is 4.42 Å². The van der Waals surface area contributed by atoms with Crippen molar-refractivity contribution >= 4 is 109 Å². The molecular weight excluding hydrogens is 839 g/mol. The average molecular weight is 876 g/mol. The maximum absolute atomic E-state index is 7.06. The van der Waals surface area contributed by atoms with Crippen LogP contribution in [0.15, 0.2) is 192 Å². The van der Waals surface area contributed by atoms with E-state index in [1.54, 1.807) is 0 Å². The van der Waals surface area contributed by atoms with Gasteiger partial charge < -0.3 is 8.98 Å². The van der Waals surface area contributed by atoms with Crippen LogP contribution in [-0.4, -0.2) is 24.1 Å². The standard InChI is InChI=1S/C60H37N5OS/c1-34-13-12-16-37-32-52-46(33-44(34)37)45-29-35-14-2-3-15-36(35)31-51(45)64(52)50-27-26-43-41-19-6-10-23-53(41)66-57(43)56(50)59-61-58(38-25-28-55-47(30-38)42-20-7-11-24-54(42)67-55)62-60(63-59)65-48-21-8-4-17-39(48)40-18-5-9-22-49(40)65/h2-34,44H,1H3. The molecule has 7 heteroatoms. The molecular formula is C60H37N5OS. The first-order valence-electron chi connectivity index (χ1n) is 22.9. The first-order chi connectivity index (χ1) is 33.1. The maximum atomic E-state index is 7.06. The molecule has 2 unspecified atom stereocenters. The highest BCUT2D eigenvalue weighted by Crippen LogP contribution is 2.42. The number of hydrogen-bond acceptors (Lipinski definition) is 5. The number of nitrogens with zero attached hydrogens (tertiary/aromatic N) is 5. The van der Waals surface area contributed by atoms with E-state index in [9.17, 15) is 0 Å². The minimum Gasteiger partial charge on any atom is -0.455 e. The van der Waals surface area contributed by atoms with Gasteiger partial charge >= 0.3 is 0 Å². The quantitative estimate of drug-likeness (QED) is 0.177. The van der Waals surface area contributed by atoms with E-state index in [0.717, 1.165) is 71.4 Å². The van der Waals surface area contributed by atoms with Crippen LogP contribution in [0.3, 0.4) is 0 Å². The summed E-state index contributed by atoms with van der Waals surface area (Å²) in [6.45, 7) is 2.32. The summed E-state index contributed by atoms with van der Waals surface area (Å²) in [5, 5.41) is 12.7. The van der Waals surface area contributed by atoms with Crippen LogP contribution in [0.2, 0.25) is 0 Å². The third kappa shape index (κ3) is 5.34. The van der Waals surface area contributed by atoms with Gasteiger partial charge in [-0.2, -0.15) is 9.97 Å². The van der Waals surface area contributed by atoms with Crippen molar-refractivity contribution in [3.63, 3.8) is 0 Å². The summed E-state index contributed by atoms with van der Waals surface area (Å²) in [4.78, 5) is 16.6. The Kier molecular flexibility index (Phi) is 7.61. The minimum atomic E-state index is 0.276. The molecule has 5 heterocycles. The van der Waals surface area contributed by atoms with E-state index in [1.165, 1.54) is 47.1 Å². The molecule has 0 fully saturated rings. The van der Waals surface area contributed by atoms with E-state index in [1.807, 2.05) is 23.5 Å². The van der Waals surface area contributed by atoms with Gasteiger partial charge in [-0.3, -0.25) is 4.57 Å². The average Bonchev–Trinajstić information content (AvgIpc) is 4.12. The molecule has 2 atom stereocenters. The van der Waals surface area contributed by atoms with Crippen LogP contribution in [0.5, 0.6) is 0 Å². The molecule has 5 aromatic heterocycles. The summed E-state index contributed by atoms with van der Waals surface area (Å²) in [6.07, 6.45) is 11.7. The monoisotopic (exact) mass is 875 g/mol. The Morgan fingerprint density at radius 1 is 0.552 bits per heavy atom. The summed E-state index contributed by atoms with van der Waals surface area (Å²) < 4.78 is 14.2. The lowest BCUT2D eigenvalue weighted by atomic mass is 9.80. The number of hydrogen-bond donors (Lipinski definition) is 0. The largest absolute Gasteiger partial charge is 0.455 e. The molecule has 6 nitrogen and oxygen atoms in total. The zero-order valence-corrected chi connectivity index (χ0v) is 37.0. The number of para-hydroxylation sites is 3. The Balaban J connectivity index is 1.10. The van der Waals surface area contributed by atoms with E-state index in [-0.39, 0.29) is 5.92 Å². The topological polar surface area (TPSA) is 61.7 Å². The number of benzene rings is 8. The van der Waals surface area contributed by atoms with Gasteiger partial charge in [0.05, 0.1) is 33.2 Å². The second-order valence-corrected chi connectivity index (χ2v) is 19.1. The van der Waals surface area contributed by atoms with Gasteiger partial charge in [0.2, 0.25) is 5.95 Å². The van der Waals surface area contributed by atoms with Crippen molar-refractivity contribution in [3.05, 3.63) is 198 Å². The number of furan rings is 1. The number of rotatable bonds is 4. The molecule has 13 aromatic rings. The lowest BCUT2D eigenvalue weighted by Crippen LogP contribution is -2.34. The molecule has 0 spiro atoms. The van der Waals surface area contributed by atoms with Gasteiger partial charge in [-0.1, -0.05) is 128 Å². The van der Waals surface area contributed by atoms with Crippen LogP contribution in [0.4, 0.5) is 0 Å². The van der Waals surface area contributed by atoms with E-state index >= 15 is 0 Å². The molecule has 0 radical (unpaired) electrons. The van der Waals surface area contributed by atoms with E-state index in [4.69, 9.17) is 19.4 Å². The first kappa shape index (κ1) is 36.9. The van der Waals surface area contributed by atoms with Crippen LogP contribution >= 0.6 is 11.3 Å². The Morgan fingerprint density at radius 2 is 1.25 bits per heavy atom. The predicted octanol–water partition coefficient (Wildman–Crippen LogP) is 14.0. The maximum Gasteiger partial charge on any atom is 0.238 e. The van der Waals surface area contributed by atoms with Crippen molar-refractivity contribution in [1.29, 1.82) is 0 Å². The van der Waals surface area contributed by atoms with Gasteiger partial charge in [0.1, 0.15) is 11.2 Å². The summed E-state index contributed by atoms with van der Waals surface area (Å²) in [6, 6.07) is 58.4. The third-order valence-corrected chi connectivity index (χ3v) is 15.4. The fourth-order valence-electron chi connectivity index (χ4n) is 11.1. The van der Waals surface area contributed by atoms with E-state index in [0.29, 0.717) is 23.5 Å². The van der Waals surface area contributed by atoms with Crippen molar-refractivity contribution in [2.45, 2.75) is 6.92 Å². The van der Waals surface area contributed by atoms with Gasteiger partial charge in [-0.05, 0) is 95.1 Å². The molecule has 67 heavy (non-hydrogen) atoms. The lowest BCUT2D eigenvalue weighted by Gasteiger charge is -2.24. The van der Waals surface area contributed by atoms with Gasteiger partial charge in [-0.15, -0.1) is 11.3 Å². The van der Waals surface area contributed by atoms with Gasteiger partial charge in [0.25, 0.3) is 0 Å². The lowest BCUT2D eigenvalue weighted by molar-refractivity contribution is 0.613. The Morgan fingerprint density at radius 3 is 2.09 bits per heavy atom. The predicted molar refractivity (Wildman–Crippen MR) is 278 cm³/mol. The first-order valence-corrected chi connectivity index (χ1v) is 23.7. The molecule has 8 aromatic carbocycles. The van der Waals surface area contributed by atoms with Crippen LogP contribution < -0.4 is 10.6 Å². The molecule has 0 N–H and O–H groups in total. The molecule has 314 valence electrons. The summed E-state index contributed by atoms with van der Waals surface area (Å²) in [5.41, 5.74) is 8.64. The normalized spacial score (nSPS) is 15.8. The molecule has 2 aliphatic carbocycles. The van der Waals surface area contributed by atoms with Crippen molar-refractivity contribution in [2.24, 2.45) is 11.8 Å².